The highest BCUT2D eigenvalue weighted by molar-refractivity contribution is 5.52. The quantitative estimate of drug-likeness (QED) is 0.794. The number of aromatic amines is 1. The number of anilines is 1. The normalized spacial score (nSPS) is 13.1. The first-order chi connectivity index (χ1) is 12.8. The minimum Gasteiger partial charge on any atom is -0.366 e. The summed E-state index contributed by atoms with van der Waals surface area (Å²) in [6.07, 6.45) is 4.93. The van der Waals surface area contributed by atoms with E-state index in [9.17, 15) is 10.1 Å². The number of aromatic nitrogens is 2. The first-order valence-corrected chi connectivity index (χ1v) is 8.62. The van der Waals surface area contributed by atoms with Gasteiger partial charge in [-0.2, -0.15) is 5.26 Å². The van der Waals surface area contributed by atoms with Crippen LogP contribution < -0.4 is 10.5 Å². The van der Waals surface area contributed by atoms with E-state index in [1.807, 2.05) is 48.7 Å². The SMILES string of the molecule is N#Cc1c2c(c(Cc3ccccc3)[nH]c1=O)CN(c1cccnc1)CC2. The summed E-state index contributed by atoms with van der Waals surface area (Å²) in [5.74, 6) is 0. The molecule has 0 atom stereocenters. The molecule has 0 bridgehead atoms. The monoisotopic (exact) mass is 342 g/mol. The molecule has 0 radical (unpaired) electrons. The average molecular weight is 342 g/mol. The standard InChI is InChI=1S/C21H18N4O/c22-12-18-17-8-10-25(16-7-4-9-23-13-16)14-19(17)20(24-21(18)26)11-15-5-2-1-3-6-15/h1-7,9,13H,8,10-11,14H2,(H,24,26). The van der Waals surface area contributed by atoms with Crippen LogP contribution in [0.5, 0.6) is 0 Å². The molecule has 0 saturated heterocycles. The minimum atomic E-state index is -0.285. The Morgan fingerprint density at radius 2 is 2.00 bits per heavy atom. The van der Waals surface area contributed by atoms with Gasteiger partial charge in [0, 0.05) is 31.4 Å². The lowest BCUT2D eigenvalue weighted by Gasteiger charge is -2.32. The minimum absolute atomic E-state index is 0.252. The van der Waals surface area contributed by atoms with Crippen LogP contribution >= 0.6 is 0 Å². The number of nitrogens with one attached hydrogen (secondary N) is 1. The lowest BCUT2D eigenvalue weighted by Crippen LogP contribution is -2.34. The number of H-pyrrole nitrogens is 1. The fourth-order valence-corrected chi connectivity index (χ4v) is 3.56. The second-order valence-electron chi connectivity index (χ2n) is 6.42. The number of nitriles is 1. The summed E-state index contributed by atoms with van der Waals surface area (Å²) in [6, 6.07) is 16.1. The lowest BCUT2D eigenvalue weighted by atomic mass is 9.92. The highest BCUT2D eigenvalue weighted by Crippen LogP contribution is 2.27. The molecule has 0 unspecified atom stereocenters. The van der Waals surface area contributed by atoms with Gasteiger partial charge < -0.3 is 9.88 Å². The average Bonchev–Trinajstić information content (AvgIpc) is 2.69. The third-order valence-corrected chi connectivity index (χ3v) is 4.85. The van der Waals surface area contributed by atoms with Gasteiger partial charge in [0.15, 0.2) is 0 Å². The van der Waals surface area contributed by atoms with Crippen molar-refractivity contribution in [3.63, 3.8) is 0 Å². The number of hydrogen-bond acceptors (Lipinski definition) is 4. The molecule has 5 nitrogen and oxygen atoms in total. The van der Waals surface area contributed by atoms with Crippen molar-refractivity contribution in [3.05, 3.63) is 93.2 Å². The van der Waals surface area contributed by atoms with Gasteiger partial charge in [0.2, 0.25) is 0 Å². The number of benzene rings is 1. The number of fused-ring (bicyclic) bond motifs is 1. The maximum absolute atomic E-state index is 12.4. The summed E-state index contributed by atoms with van der Waals surface area (Å²) in [5, 5.41) is 9.44. The van der Waals surface area contributed by atoms with E-state index in [2.05, 4.69) is 20.9 Å². The Balaban J connectivity index is 1.78. The Bertz CT molecular complexity index is 1020. The van der Waals surface area contributed by atoms with Gasteiger partial charge in [-0.15, -0.1) is 0 Å². The van der Waals surface area contributed by atoms with Crippen LogP contribution in [-0.2, 0) is 19.4 Å². The Morgan fingerprint density at radius 3 is 2.73 bits per heavy atom. The third-order valence-electron chi connectivity index (χ3n) is 4.85. The Labute approximate surface area is 151 Å². The van der Waals surface area contributed by atoms with Crippen molar-refractivity contribution >= 4 is 5.69 Å². The van der Waals surface area contributed by atoms with E-state index in [1.54, 1.807) is 6.20 Å². The van der Waals surface area contributed by atoms with Crippen molar-refractivity contribution in [2.24, 2.45) is 0 Å². The second kappa shape index (κ2) is 6.85. The molecule has 2 aromatic heterocycles. The van der Waals surface area contributed by atoms with Gasteiger partial charge >= 0.3 is 0 Å². The molecule has 0 aliphatic carbocycles. The van der Waals surface area contributed by atoms with Crippen LogP contribution in [-0.4, -0.2) is 16.5 Å². The van der Waals surface area contributed by atoms with Gasteiger partial charge in [0.1, 0.15) is 11.6 Å². The second-order valence-corrected chi connectivity index (χ2v) is 6.42. The molecule has 0 spiro atoms. The van der Waals surface area contributed by atoms with Gasteiger partial charge in [-0.05, 0) is 35.2 Å². The van der Waals surface area contributed by atoms with Crippen LogP contribution in [0.2, 0.25) is 0 Å². The van der Waals surface area contributed by atoms with Gasteiger partial charge in [-0.1, -0.05) is 30.3 Å². The highest BCUT2D eigenvalue weighted by atomic mass is 16.1. The van der Waals surface area contributed by atoms with Crippen LogP contribution in [0, 0.1) is 11.3 Å². The van der Waals surface area contributed by atoms with E-state index in [0.717, 1.165) is 34.6 Å². The number of hydrogen-bond donors (Lipinski definition) is 1. The maximum Gasteiger partial charge on any atom is 0.266 e. The molecule has 4 rings (SSSR count). The topological polar surface area (TPSA) is 72.8 Å². The maximum atomic E-state index is 12.4. The molecule has 0 fully saturated rings. The molecular weight excluding hydrogens is 324 g/mol. The smallest absolute Gasteiger partial charge is 0.266 e. The first-order valence-electron chi connectivity index (χ1n) is 8.62. The lowest BCUT2D eigenvalue weighted by molar-refractivity contribution is 0.710. The van der Waals surface area contributed by atoms with Crippen molar-refractivity contribution in [1.29, 1.82) is 5.26 Å². The van der Waals surface area contributed by atoms with E-state index >= 15 is 0 Å². The Kier molecular flexibility index (Phi) is 4.24. The molecule has 0 saturated carbocycles. The third kappa shape index (κ3) is 2.98. The first kappa shape index (κ1) is 16.1. The molecule has 0 amide bonds. The van der Waals surface area contributed by atoms with Crippen LogP contribution in [0.15, 0.2) is 59.7 Å². The van der Waals surface area contributed by atoms with Gasteiger partial charge in [-0.25, -0.2) is 0 Å². The van der Waals surface area contributed by atoms with E-state index in [-0.39, 0.29) is 11.1 Å². The Hall–Kier alpha value is -3.39. The fraction of sp³-hybridized carbons (Fsp3) is 0.190. The molecular formula is C21H18N4O. The molecule has 128 valence electrons. The van der Waals surface area contributed by atoms with Crippen molar-refractivity contribution in [2.75, 3.05) is 11.4 Å². The van der Waals surface area contributed by atoms with E-state index in [0.29, 0.717) is 19.4 Å². The Morgan fingerprint density at radius 1 is 1.15 bits per heavy atom. The molecule has 26 heavy (non-hydrogen) atoms. The van der Waals surface area contributed by atoms with Crippen molar-refractivity contribution in [3.8, 4) is 6.07 Å². The van der Waals surface area contributed by atoms with Gasteiger partial charge in [0.25, 0.3) is 5.56 Å². The molecule has 3 aromatic rings. The predicted octanol–water partition coefficient (Wildman–Crippen LogP) is 2.80. The summed E-state index contributed by atoms with van der Waals surface area (Å²) in [4.78, 5) is 21.8. The fourth-order valence-electron chi connectivity index (χ4n) is 3.56. The van der Waals surface area contributed by atoms with Gasteiger partial charge in [0.05, 0.1) is 11.9 Å². The predicted molar refractivity (Wildman–Crippen MR) is 100 cm³/mol. The zero-order valence-electron chi connectivity index (χ0n) is 14.3. The molecule has 1 aliphatic rings. The largest absolute Gasteiger partial charge is 0.366 e. The van der Waals surface area contributed by atoms with Crippen molar-refractivity contribution in [2.45, 2.75) is 19.4 Å². The summed E-state index contributed by atoms with van der Waals surface area (Å²) in [5.41, 5.74) is 4.99. The molecule has 1 aliphatic heterocycles. The zero-order valence-corrected chi connectivity index (χ0v) is 14.3. The highest BCUT2D eigenvalue weighted by Gasteiger charge is 2.24. The van der Waals surface area contributed by atoms with Crippen LogP contribution in [0.3, 0.4) is 0 Å². The zero-order chi connectivity index (χ0) is 17.9. The van der Waals surface area contributed by atoms with Gasteiger partial charge in [-0.3, -0.25) is 9.78 Å². The summed E-state index contributed by atoms with van der Waals surface area (Å²) >= 11 is 0. The number of nitrogens with zero attached hydrogens (tertiary/aromatic N) is 3. The van der Waals surface area contributed by atoms with E-state index < -0.39 is 0 Å². The van der Waals surface area contributed by atoms with E-state index in [4.69, 9.17) is 0 Å². The summed E-state index contributed by atoms with van der Waals surface area (Å²) < 4.78 is 0. The van der Waals surface area contributed by atoms with E-state index in [1.165, 1.54) is 0 Å². The molecule has 1 N–H and O–H groups in total. The summed E-state index contributed by atoms with van der Waals surface area (Å²) in [6.45, 7) is 1.43. The number of pyridine rings is 2. The summed E-state index contributed by atoms with van der Waals surface area (Å²) in [7, 11) is 0. The van der Waals surface area contributed by atoms with Crippen LogP contribution in [0.4, 0.5) is 5.69 Å². The molecule has 1 aromatic carbocycles. The van der Waals surface area contributed by atoms with Crippen LogP contribution in [0.1, 0.15) is 27.9 Å². The van der Waals surface area contributed by atoms with Crippen molar-refractivity contribution < 1.29 is 0 Å². The molecule has 3 heterocycles. The van der Waals surface area contributed by atoms with Crippen molar-refractivity contribution in [1.82, 2.24) is 9.97 Å². The molecule has 5 heteroatoms. The van der Waals surface area contributed by atoms with Crippen LogP contribution in [0.25, 0.3) is 0 Å². The number of rotatable bonds is 3.